The minimum absolute atomic E-state index is 0.00129. The Kier molecular flexibility index (Phi) is 3.95. The fraction of sp³-hybridized carbons (Fsp3) is 0.111. The normalized spacial score (nSPS) is 15.3. The second-order valence-electron chi connectivity index (χ2n) is 5.51. The Morgan fingerprint density at radius 2 is 1.96 bits per heavy atom. The lowest BCUT2D eigenvalue weighted by Crippen LogP contribution is -2.05. The highest BCUT2D eigenvalue weighted by Gasteiger charge is 2.24. The van der Waals surface area contributed by atoms with Crippen molar-refractivity contribution < 1.29 is 14.5 Å². The number of nitrogens with zero attached hydrogens (tertiary/aromatic N) is 2. The molecule has 1 heterocycles. The molecule has 0 spiro atoms. The zero-order valence-electron chi connectivity index (χ0n) is 13.1. The number of nitro groups is 1. The van der Waals surface area contributed by atoms with Gasteiger partial charge in [0, 0.05) is 17.2 Å². The minimum Gasteiger partial charge on any atom is -0.402 e. The summed E-state index contributed by atoms with van der Waals surface area (Å²) in [6, 6.07) is 12.2. The summed E-state index contributed by atoms with van der Waals surface area (Å²) in [5, 5.41) is 11.0. The highest BCUT2D eigenvalue weighted by atomic mass is 16.6. The number of benzene rings is 2. The summed E-state index contributed by atoms with van der Waals surface area (Å²) in [6.07, 6.45) is 1.48. The number of hydrogen-bond acceptors (Lipinski definition) is 5. The van der Waals surface area contributed by atoms with Gasteiger partial charge in [0.1, 0.15) is 0 Å². The first-order valence-electron chi connectivity index (χ1n) is 7.29. The van der Waals surface area contributed by atoms with E-state index in [1.165, 1.54) is 12.1 Å². The van der Waals surface area contributed by atoms with Crippen LogP contribution in [0.15, 0.2) is 53.2 Å². The Hall–Kier alpha value is -3.28. The molecular formula is C18H14N2O4. The summed E-state index contributed by atoms with van der Waals surface area (Å²) in [6.45, 7) is 3.59. The van der Waals surface area contributed by atoms with Crippen LogP contribution in [-0.4, -0.2) is 16.8 Å². The largest absolute Gasteiger partial charge is 0.402 e. The average Bonchev–Trinajstić information content (AvgIpc) is 2.90. The molecule has 2 aromatic rings. The number of carbonyl (C=O) groups is 1. The van der Waals surface area contributed by atoms with E-state index in [1.807, 2.05) is 25.1 Å². The van der Waals surface area contributed by atoms with Gasteiger partial charge in [0.05, 0.1) is 4.92 Å². The van der Waals surface area contributed by atoms with Crippen molar-refractivity contribution in [3.05, 3.63) is 80.5 Å². The van der Waals surface area contributed by atoms with E-state index in [2.05, 4.69) is 4.99 Å². The molecule has 0 amide bonds. The molecular weight excluding hydrogens is 308 g/mol. The molecule has 3 rings (SSSR count). The highest BCUT2D eigenvalue weighted by molar-refractivity contribution is 6.12. The maximum Gasteiger partial charge on any atom is 0.363 e. The van der Waals surface area contributed by atoms with Gasteiger partial charge in [0.25, 0.3) is 5.69 Å². The molecule has 0 radical (unpaired) electrons. The maximum absolute atomic E-state index is 12.0. The molecule has 24 heavy (non-hydrogen) atoms. The topological polar surface area (TPSA) is 81.8 Å². The van der Waals surface area contributed by atoms with Crippen molar-refractivity contribution in [1.82, 2.24) is 0 Å². The first kappa shape index (κ1) is 15.6. The van der Waals surface area contributed by atoms with E-state index >= 15 is 0 Å². The number of aryl methyl sites for hydroxylation is 2. The van der Waals surface area contributed by atoms with Crippen molar-refractivity contribution in [2.75, 3.05) is 0 Å². The first-order valence-corrected chi connectivity index (χ1v) is 7.29. The van der Waals surface area contributed by atoms with E-state index in [1.54, 1.807) is 25.1 Å². The number of nitro benzene ring substituents is 1. The molecule has 0 bridgehead atoms. The molecule has 6 heteroatoms. The van der Waals surface area contributed by atoms with Crippen LogP contribution in [0.1, 0.15) is 22.3 Å². The molecule has 6 nitrogen and oxygen atoms in total. The second kappa shape index (κ2) is 6.08. The van der Waals surface area contributed by atoms with Crippen molar-refractivity contribution >= 4 is 23.6 Å². The zero-order valence-corrected chi connectivity index (χ0v) is 13.1. The lowest BCUT2D eigenvalue weighted by Gasteiger charge is -1.99. The van der Waals surface area contributed by atoms with Crippen molar-refractivity contribution in [3.8, 4) is 0 Å². The molecule has 1 aliphatic rings. The van der Waals surface area contributed by atoms with Crippen LogP contribution in [0.5, 0.6) is 0 Å². The number of carbonyl (C=O) groups excluding carboxylic acids is 1. The summed E-state index contributed by atoms with van der Waals surface area (Å²) in [4.78, 5) is 26.8. The fourth-order valence-electron chi connectivity index (χ4n) is 2.38. The van der Waals surface area contributed by atoms with Gasteiger partial charge in [-0.05, 0) is 37.6 Å². The first-order chi connectivity index (χ1) is 11.4. The molecule has 0 unspecified atom stereocenters. The fourth-order valence-corrected chi connectivity index (χ4v) is 2.38. The van der Waals surface area contributed by atoms with E-state index in [0.29, 0.717) is 16.7 Å². The molecule has 120 valence electrons. The van der Waals surface area contributed by atoms with Gasteiger partial charge in [0.15, 0.2) is 5.70 Å². The third-order valence-electron chi connectivity index (χ3n) is 3.62. The maximum atomic E-state index is 12.0. The third kappa shape index (κ3) is 3.08. The van der Waals surface area contributed by atoms with Gasteiger partial charge < -0.3 is 4.74 Å². The van der Waals surface area contributed by atoms with E-state index in [4.69, 9.17) is 4.74 Å². The van der Waals surface area contributed by atoms with Gasteiger partial charge >= 0.3 is 5.97 Å². The smallest absolute Gasteiger partial charge is 0.363 e. The van der Waals surface area contributed by atoms with Crippen molar-refractivity contribution in [2.45, 2.75) is 13.8 Å². The number of esters is 1. The second-order valence-corrected chi connectivity index (χ2v) is 5.51. The Bertz CT molecular complexity index is 913. The van der Waals surface area contributed by atoms with Crippen LogP contribution in [-0.2, 0) is 9.53 Å². The van der Waals surface area contributed by atoms with Crippen LogP contribution >= 0.6 is 0 Å². The summed E-state index contributed by atoms with van der Waals surface area (Å²) in [5.74, 6) is -0.341. The average molecular weight is 322 g/mol. The van der Waals surface area contributed by atoms with E-state index in [9.17, 15) is 14.9 Å². The monoisotopic (exact) mass is 322 g/mol. The van der Waals surface area contributed by atoms with E-state index in [0.717, 1.165) is 5.56 Å². The summed E-state index contributed by atoms with van der Waals surface area (Å²) in [5.41, 5.74) is 2.93. The van der Waals surface area contributed by atoms with Crippen LogP contribution in [0.2, 0.25) is 0 Å². The van der Waals surface area contributed by atoms with Gasteiger partial charge in [0.2, 0.25) is 5.90 Å². The van der Waals surface area contributed by atoms with Gasteiger partial charge in [-0.15, -0.1) is 0 Å². The molecule has 0 N–H and O–H groups in total. The SMILES string of the molecule is Cc1cccc(C2=N/C(=C\c3ccc(C)c([N+](=O)[O-])c3)C(=O)O2)c1. The Labute approximate surface area is 138 Å². The number of cyclic esters (lactones) is 1. The number of ether oxygens (including phenoxy) is 1. The predicted octanol–water partition coefficient (Wildman–Crippen LogP) is 3.56. The van der Waals surface area contributed by atoms with Gasteiger partial charge in [-0.3, -0.25) is 10.1 Å². The summed E-state index contributed by atoms with van der Waals surface area (Å²) in [7, 11) is 0. The van der Waals surface area contributed by atoms with Gasteiger partial charge in [-0.2, -0.15) is 0 Å². The van der Waals surface area contributed by atoms with Crippen molar-refractivity contribution in [3.63, 3.8) is 0 Å². The Morgan fingerprint density at radius 3 is 2.67 bits per heavy atom. The molecule has 0 saturated carbocycles. The summed E-state index contributed by atoms with van der Waals surface area (Å²) < 4.78 is 5.20. The highest BCUT2D eigenvalue weighted by Crippen LogP contribution is 2.23. The van der Waals surface area contributed by atoms with Crippen molar-refractivity contribution in [2.24, 2.45) is 4.99 Å². The van der Waals surface area contributed by atoms with E-state index < -0.39 is 10.9 Å². The summed E-state index contributed by atoms with van der Waals surface area (Å²) >= 11 is 0. The molecule has 0 saturated heterocycles. The van der Waals surface area contributed by atoms with E-state index in [-0.39, 0.29) is 17.3 Å². The lowest BCUT2D eigenvalue weighted by molar-refractivity contribution is -0.385. The predicted molar refractivity (Wildman–Crippen MR) is 89.6 cm³/mol. The van der Waals surface area contributed by atoms with Gasteiger partial charge in [-0.25, -0.2) is 9.79 Å². The van der Waals surface area contributed by atoms with Crippen molar-refractivity contribution in [1.29, 1.82) is 0 Å². The number of rotatable bonds is 3. The number of aliphatic imine (C=N–C) groups is 1. The molecule has 0 fully saturated rings. The molecule has 0 aromatic heterocycles. The zero-order chi connectivity index (χ0) is 17.3. The Balaban J connectivity index is 1.97. The van der Waals surface area contributed by atoms with Crippen LogP contribution in [0.4, 0.5) is 5.69 Å². The molecule has 1 aliphatic heterocycles. The molecule has 2 aromatic carbocycles. The molecule has 0 aliphatic carbocycles. The Morgan fingerprint density at radius 1 is 1.17 bits per heavy atom. The number of hydrogen-bond donors (Lipinski definition) is 0. The standard InChI is InChI=1S/C18H14N2O4/c1-11-4-3-5-14(8-11)17-19-15(18(21)24-17)9-13-7-6-12(2)16(10-13)20(22)23/h3-10H,1-2H3/b15-9-. The van der Waals surface area contributed by atoms with Crippen LogP contribution < -0.4 is 0 Å². The lowest BCUT2D eigenvalue weighted by atomic mass is 10.1. The van der Waals surface area contributed by atoms with Gasteiger partial charge in [-0.1, -0.05) is 29.8 Å². The quantitative estimate of drug-likeness (QED) is 0.374. The van der Waals surface area contributed by atoms with Crippen LogP contribution in [0, 0.1) is 24.0 Å². The minimum atomic E-state index is -0.574. The van der Waals surface area contributed by atoms with Crippen LogP contribution in [0.3, 0.4) is 0 Å². The van der Waals surface area contributed by atoms with Crippen LogP contribution in [0.25, 0.3) is 6.08 Å². The molecule has 0 atom stereocenters. The third-order valence-corrected chi connectivity index (χ3v) is 3.62.